The Morgan fingerprint density at radius 1 is 1.28 bits per heavy atom. The number of thioether (sulfide) groups is 1. The minimum atomic E-state index is -0.323. The van der Waals surface area contributed by atoms with Gasteiger partial charge in [-0.2, -0.15) is 0 Å². The van der Waals surface area contributed by atoms with E-state index in [1.54, 1.807) is 41.1 Å². The van der Waals surface area contributed by atoms with Gasteiger partial charge in [0.1, 0.15) is 5.82 Å². The number of carbonyl (C=O) groups is 1. The molecule has 3 rings (SSSR count). The molecule has 3 aromatic rings. The van der Waals surface area contributed by atoms with Crippen LogP contribution in [0.25, 0.3) is 5.69 Å². The van der Waals surface area contributed by atoms with Gasteiger partial charge in [-0.3, -0.25) is 4.79 Å². The molecule has 0 atom stereocenters. The van der Waals surface area contributed by atoms with Crippen LogP contribution in [0.1, 0.15) is 0 Å². The number of rotatable bonds is 5. The predicted molar refractivity (Wildman–Crippen MR) is 103 cm³/mol. The predicted octanol–water partition coefficient (Wildman–Crippen LogP) is 5.19. The first-order valence-corrected chi connectivity index (χ1v) is 9.65. The molecule has 0 radical (unpaired) electrons. The maximum atomic E-state index is 13.0. The van der Waals surface area contributed by atoms with Crippen molar-refractivity contribution in [1.82, 2.24) is 9.78 Å². The summed E-state index contributed by atoms with van der Waals surface area (Å²) >= 11 is 13.9. The minimum Gasteiger partial charge on any atom is -0.324 e. The zero-order chi connectivity index (χ0) is 17.8. The Labute approximate surface area is 161 Å². The van der Waals surface area contributed by atoms with Crippen molar-refractivity contribution in [3.05, 3.63) is 63.3 Å². The van der Waals surface area contributed by atoms with Crippen molar-refractivity contribution >= 4 is 58.5 Å². The summed E-state index contributed by atoms with van der Waals surface area (Å²) in [5, 5.41) is 7.61. The third-order valence-electron chi connectivity index (χ3n) is 3.08. The van der Waals surface area contributed by atoms with Gasteiger partial charge in [-0.05, 0) is 48.6 Å². The third kappa shape index (κ3) is 4.66. The highest BCUT2D eigenvalue weighted by atomic mass is 35.5. The summed E-state index contributed by atoms with van der Waals surface area (Å²) in [6.45, 7) is 0. The molecule has 0 aliphatic carbocycles. The molecule has 1 aromatic heterocycles. The lowest BCUT2D eigenvalue weighted by molar-refractivity contribution is -0.113. The highest BCUT2D eigenvalue weighted by Gasteiger charge is 2.10. The van der Waals surface area contributed by atoms with E-state index in [0.29, 0.717) is 24.7 Å². The number of nitrogens with zero attached hydrogens (tertiary/aromatic N) is 2. The fourth-order valence-electron chi connectivity index (χ4n) is 1.94. The maximum absolute atomic E-state index is 13.0. The zero-order valence-electron chi connectivity index (χ0n) is 12.6. The molecule has 4 nitrogen and oxygen atoms in total. The zero-order valence-corrected chi connectivity index (χ0v) is 15.8. The molecule has 0 spiro atoms. The second kappa shape index (κ2) is 8.09. The molecule has 0 fully saturated rings. The van der Waals surface area contributed by atoms with E-state index >= 15 is 0 Å². The van der Waals surface area contributed by atoms with Crippen molar-refractivity contribution in [2.24, 2.45) is 0 Å². The van der Waals surface area contributed by atoms with E-state index in [-0.39, 0.29) is 17.5 Å². The van der Waals surface area contributed by atoms with E-state index in [4.69, 9.17) is 23.8 Å². The molecule has 0 bridgehead atoms. The van der Waals surface area contributed by atoms with Crippen molar-refractivity contribution in [2.45, 2.75) is 4.34 Å². The number of amides is 1. The average Bonchev–Trinajstić information content (AvgIpc) is 2.97. The molecule has 0 unspecified atom stereocenters. The number of aromatic nitrogens is 2. The molecule has 1 heterocycles. The molecule has 0 aliphatic rings. The number of hydrogen-bond acceptors (Lipinski definition) is 5. The lowest BCUT2D eigenvalue weighted by Crippen LogP contribution is -2.14. The Bertz CT molecular complexity index is 956. The van der Waals surface area contributed by atoms with E-state index in [0.717, 1.165) is 0 Å². The summed E-state index contributed by atoms with van der Waals surface area (Å²) in [5.74, 6) is -0.333. The number of para-hydroxylation sites is 1. The van der Waals surface area contributed by atoms with Crippen molar-refractivity contribution in [1.29, 1.82) is 0 Å². The van der Waals surface area contributed by atoms with Gasteiger partial charge >= 0.3 is 0 Å². The fraction of sp³-hybridized carbons (Fsp3) is 0.0625. The lowest BCUT2D eigenvalue weighted by atomic mass is 10.3. The van der Waals surface area contributed by atoms with Crippen molar-refractivity contribution in [3.63, 3.8) is 0 Å². The number of anilines is 1. The molecule has 9 heteroatoms. The van der Waals surface area contributed by atoms with Gasteiger partial charge < -0.3 is 5.32 Å². The van der Waals surface area contributed by atoms with Gasteiger partial charge in [0.25, 0.3) is 0 Å². The molecule has 1 N–H and O–H groups in total. The Kier molecular flexibility index (Phi) is 5.85. The number of halogens is 2. The van der Waals surface area contributed by atoms with Gasteiger partial charge in [0.2, 0.25) is 5.91 Å². The van der Waals surface area contributed by atoms with Gasteiger partial charge in [-0.25, -0.2) is 9.07 Å². The summed E-state index contributed by atoms with van der Waals surface area (Å²) in [6.07, 6.45) is 0. The smallest absolute Gasteiger partial charge is 0.234 e. The summed E-state index contributed by atoms with van der Waals surface area (Å²) in [6, 6.07) is 12.9. The lowest BCUT2D eigenvalue weighted by Gasteiger charge is -2.05. The van der Waals surface area contributed by atoms with Crippen LogP contribution >= 0.6 is 46.9 Å². The van der Waals surface area contributed by atoms with Gasteiger partial charge in [0.15, 0.2) is 8.29 Å². The van der Waals surface area contributed by atoms with E-state index in [1.807, 2.05) is 0 Å². The normalized spacial score (nSPS) is 10.6. The molecule has 2 aromatic carbocycles. The first kappa shape index (κ1) is 18.1. The molecule has 0 aliphatic heterocycles. The summed E-state index contributed by atoms with van der Waals surface area (Å²) in [7, 11) is 0. The largest absolute Gasteiger partial charge is 0.324 e. The molecular weight excluding hydrogens is 401 g/mol. The summed E-state index contributed by atoms with van der Waals surface area (Å²) in [4.78, 5) is 12.0. The summed E-state index contributed by atoms with van der Waals surface area (Å²) in [5.41, 5.74) is 1.24. The molecule has 0 saturated heterocycles. The van der Waals surface area contributed by atoms with Crippen molar-refractivity contribution in [2.75, 3.05) is 11.1 Å². The van der Waals surface area contributed by atoms with E-state index in [1.165, 1.54) is 35.2 Å². The number of carbonyl (C=O) groups excluding carboxylic acids is 1. The second-order valence-electron chi connectivity index (χ2n) is 4.84. The third-order valence-corrected chi connectivity index (χ3v) is 5.77. The monoisotopic (exact) mass is 411 g/mol. The van der Waals surface area contributed by atoms with Gasteiger partial charge in [0.05, 0.1) is 22.2 Å². The Morgan fingerprint density at radius 2 is 2.00 bits per heavy atom. The van der Waals surface area contributed by atoms with Gasteiger partial charge in [-0.15, -0.1) is 5.10 Å². The maximum Gasteiger partial charge on any atom is 0.234 e. The first-order valence-electron chi connectivity index (χ1n) is 7.06. The first-order chi connectivity index (χ1) is 12.0. The minimum absolute atomic E-state index is 0.178. The van der Waals surface area contributed by atoms with Crippen LogP contribution in [0.5, 0.6) is 0 Å². The van der Waals surface area contributed by atoms with Gasteiger partial charge in [0, 0.05) is 0 Å². The molecule has 1 amide bonds. The van der Waals surface area contributed by atoms with Crippen molar-refractivity contribution < 1.29 is 9.18 Å². The van der Waals surface area contributed by atoms with Crippen LogP contribution in [0, 0.1) is 9.77 Å². The standard InChI is InChI=1S/C16H11ClFN3OS3/c17-12-3-1-2-4-13(12)19-14(22)9-24-15-20-21(16(23)25-15)11-7-5-10(18)6-8-11/h1-8H,9H2,(H,19,22). The van der Waals surface area contributed by atoms with E-state index in [2.05, 4.69) is 10.4 Å². The Hall–Kier alpha value is -1.74. The van der Waals surface area contributed by atoms with E-state index < -0.39 is 0 Å². The van der Waals surface area contributed by atoms with Crippen molar-refractivity contribution in [3.8, 4) is 5.69 Å². The van der Waals surface area contributed by atoms with Gasteiger partial charge in [-0.1, -0.05) is 46.8 Å². The SMILES string of the molecule is O=C(CSc1nn(-c2ccc(F)cc2)c(=S)s1)Nc1ccccc1Cl. The Morgan fingerprint density at radius 3 is 2.72 bits per heavy atom. The highest BCUT2D eigenvalue weighted by molar-refractivity contribution is 8.01. The highest BCUT2D eigenvalue weighted by Crippen LogP contribution is 2.25. The summed E-state index contributed by atoms with van der Waals surface area (Å²) < 4.78 is 15.7. The van der Waals surface area contributed by atoms with Crippen LogP contribution in [-0.2, 0) is 4.79 Å². The topological polar surface area (TPSA) is 46.9 Å². The van der Waals surface area contributed by atoms with E-state index in [9.17, 15) is 9.18 Å². The Balaban J connectivity index is 1.65. The van der Waals surface area contributed by atoms with Crippen LogP contribution in [0.15, 0.2) is 52.9 Å². The molecule has 25 heavy (non-hydrogen) atoms. The number of benzene rings is 2. The van der Waals surface area contributed by atoms with Crippen LogP contribution in [0.2, 0.25) is 5.02 Å². The van der Waals surface area contributed by atoms with Crippen LogP contribution in [-0.4, -0.2) is 21.4 Å². The molecule has 128 valence electrons. The number of hydrogen-bond donors (Lipinski definition) is 1. The van der Waals surface area contributed by atoms with Crippen LogP contribution in [0.3, 0.4) is 0 Å². The molecular formula is C16H11ClFN3OS3. The average molecular weight is 412 g/mol. The molecule has 0 saturated carbocycles. The number of nitrogens with one attached hydrogen (secondary N) is 1. The fourth-order valence-corrected chi connectivity index (χ4v) is 4.28. The van der Waals surface area contributed by atoms with Crippen LogP contribution < -0.4 is 5.32 Å². The second-order valence-corrected chi connectivity index (χ2v) is 8.09. The quantitative estimate of drug-likeness (QED) is 0.463. The van der Waals surface area contributed by atoms with Crippen LogP contribution in [0.4, 0.5) is 10.1 Å².